The van der Waals surface area contributed by atoms with Crippen molar-refractivity contribution in [2.75, 3.05) is 11.9 Å². The number of fused-ring (bicyclic) bond motifs is 2. The van der Waals surface area contributed by atoms with Crippen LogP contribution in [0.4, 0.5) is 18.9 Å². The molecule has 0 radical (unpaired) electrons. The van der Waals surface area contributed by atoms with Crippen LogP contribution in [0.15, 0.2) is 67.6 Å². The monoisotopic (exact) mass is 467 g/mol. The lowest BCUT2D eigenvalue weighted by Crippen LogP contribution is -2.28. The number of aromatic nitrogens is 3. The van der Waals surface area contributed by atoms with Gasteiger partial charge in [-0.05, 0) is 30.2 Å². The summed E-state index contributed by atoms with van der Waals surface area (Å²) in [5, 5.41) is 9.43. The smallest absolute Gasteiger partial charge is 0.366 e. The number of rotatable bonds is 5. The topological polar surface area (TPSA) is 45.5 Å². The molecule has 0 saturated heterocycles. The maximum absolute atomic E-state index is 13.0. The zero-order valence-corrected chi connectivity index (χ0v) is 18.4. The van der Waals surface area contributed by atoms with Crippen molar-refractivity contribution in [2.45, 2.75) is 19.1 Å². The molecule has 0 unspecified atom stereocenters. The minimum absolute atomic E-state index is 0.363. The Bertz CT molecular complexity index is 1370. The summed E-state index contributed by atoms with van der Waals surface area (Å²) < 4.78 is 40.8. The van der Waals surface area contributed by atoms with E-state index in [1.54, 1.807) is 46.7 Å². The molecule has 0 bridgehead atoms. The zero-order chi connectivity index (χ0) is 23.2. The van der Waals surface area contributed by atoms with Crippen LogP contribution in [-0.2, 0) is 19.1 Å². The van der Waals surface area contributed by atoms with Gasteiger partial charge in [0.2, 0.25) is 0 Å². The van der Waals surface area contributed by atoms with Crippen molar-refractivity contribution < 1.29 is 13.2 Å². The summed E-state index contributed by atoms with van der Waals surface area (Å²) in [5.74, 6) is 0. The number of anilines is 1. The van der Waals surface area contributed by atoms with E-state index >= 15 is 0 Å². The van der Waals surface area contributed by atoms with E-state index in [1.807, 2.05) is 5.38 Å². The van der Waals surface area contributed by atoms with Crippen molar-refractivity contribution in [3.63, 3.8) is 0 Å². The summed E-state index contributed by atoms with van der Waals surface area (Å²) in [7, 11) is 0. The normalized spacial score (nSPS) is 13.7. The Labute approximate surface area is 192 Å². The lowest BCUT2D eigenvalue weighted by Gasteiger charge is -2.31. The Hall–Kier alpha value is -3.59. The Morgan fingerprint density at radius 2 is 2.00 bits per heavy atom. The van der Waals surface area contributed by atoms with Crippen LogP contribution < -0.4 is 5.32 Å². The van der Waals surface area contributed by atoms with Gasteiger partial charge in [0.25, 0.3) is 0 Å². The van der Waals surface area contributed by atoms with Crippen molar-refractivity contribution in [2.24, 2.45) is 0 Å². The molecule has 4 heterocycles. The predicted octanol–water partition coefficient (Wildman–Crippen LogP) is 5.92. The third-order valence-electron chi connectivity index (χ3n) is 5.77. The number of hydrogen-bond donors (Lipinski definition) is 1. The Morgan fingerprint density at radius 3 is 2.82 bits per heavy atom. The molecular weight excluding hydrogens is 447 g/mol. The van der Waals surface area contributed by atoms with Crippen molar-refractivity contribution in [1.29, 1.82) is 0 Å². The number of hydrogen-bond acceptors (Lipinski definition) is 5. The van der Waals surface area contributed by atoms with Gasteiger partial charge in [-0.25, -0.2) is 4.52 Å². The van der Waals surface area contributed by atoms with Gasteiger partial charge < -0.3 is 10.2 Å². The van der Waals surface area contributed by atoms with Gasteiger partial charge in [-0.3, -0.25) is 4.98 Å². The Balaban J connectivity index is 1.33. The van der Waals surface area contributed by atoms with Gasteiger partial charge in [0, 0.05) is 57.4 Å². The molecule has 0 saturated carbocycles. The number of alkyl halides is 3. The summed E-state index contributed by atoms with van der Waals surface area (Å²) in [6.45, 7) is 9.85. The highest BCUT2D eigenvalue weighted by molar-refractivity contribution is 7.10. The molecule has 5 rings (SSSR count). The molecule has 0 amide bonds. The molecule has 1 aliphatic rings. The van der Waals surface area contributed by atoms with Gasteiger partial charge >= 0.3 is 6.18 Å². The molecule has 0 fully saturated rings. The van der Waals surface area contributed by atoms with Crippen LogP contribution in [0.3, 0.4) is 0 Å². The SMILES string of the molecule is C=C(Nc1cccc(C(F)(F)F)c1)c1csc2c1CCN(C(=C)c1cnn3ccncc13)C2. The van der Waals surface area contributed by atoms with Gasteiger partial charge in [-0.15, -0.1) is 11.3 Å². The molecule has 3 aromatic heterocycles. The largest absolute Gasteiger partial charge is 0.416 e. The van der Waals surface area contributed by atoms with E-state index in [0.29, 0.717) is 17.9 Å². The number of halogens is 3. The molecule has 9 heteroatoms. The van der Waals surface area contributed by atoms with Crippen LogP contribution in [0, 0.1) is 0 Å². The maximum atomic E-state index is 13.0. The van der Waals surface area contributed by atoms with Gasteiger partial charge in [0.1, 0.15) is 0 Å². The van der Waals surface area contributed by atoms with Crippen molar-refractivity contribution in [3.05, 3.63) is 94.7 Å². The second kappa shape index (κ2) is 8.08. The number of nitrogens with zero attached hydrogens (tertiary/aromatic N) is 4. The zero-order valence-electron chi connectivity index (χ0n) is 17.6. The molecule has 1 aromatic carbocycles. The number of nitrogens with one attached hydrogen (secondary N) is 1. The van der Waals surface area contributed by atoms with Crippen LogP contribution in [0.2, 0.25) is 0 Å². The molecule has 5 nitrogen and oxygen atoms in total. The lowest BCUT2D eigenvalue weighted by molar-refractivity contribution is -0.137. The van der Waals surface area contributed by atoms with Crippen LogP contribution in [-0.4, -0.2) is 26.0 Å². The van der Waals surface area contributed by atoms with E-state index in [2.05, 4.69) is 33.5 Å². The summed E-state index contributed by atoms with van der Waals surface area (Å²) in [4.78, 5) is 7.60. The highest BCUT2D eigenvalue weighted by atomic mass is 32.1. The number of benzene rings is 1. The highest BCUT2D eigenvalue weighted by Gasteiger charge is 2.30. The Morgan fingerprint density at radius 1 is 1.15 bits per heavy atom. The average molecular weight is 468 g/mol. The van der Waals surface area contributed by atoms with Gasteiger partial charge in [-0.2, -0.15) is 18.3 Å². The summed E-state index contributed by atoms with van der Waals surface area (Å²) in [5.41, 5.74) is 5.12. The van der Waals surface area contributed by atoms with E-state index in [0.717, 1.165) is 47.4 Å². The first kappa shape index (κ1) is 21.3. The fraction of sp³-hybridized carbons (Fsp3) is 0.167. The quantitative estimate of drug-likeness (QED) is 0.396. The van der Waals surface area contributed by atoms with E-state index in [4.69, 9.17) is 0 Å². The molecule has 168 valence electrons. The summed E-state index contributed by atoms with van der Waals surface area (Å²) >= 11 is 1.62. The van der Waals surface area contributed by atoms with Crippen LogP contribution in [0.5, 0.6) is 0 Å². The molecule has 0 atom stereocenters. The first-order chi connectivity index (χ1) is 15.8. The maximum Gasteiger partial charge on any atom is 0.416 e. The first-order valence-electron chi connectivity index (χ1n) is 10.3. The molecule has 0 spiro atoms. The molecule has 4 aromatic rings. The van der Waals surface area contributed by atoms with Crippen molar-refractivity contribution in [3.8, 4) is 0 Å². The summed E-state index contributed by atoms with van der Waals surface area (Å²) in [6, 6.07) is 5.15. The third-order valence-corrected chi connectivity index (χ3v) is 6.79. The minimum atomic E-state index is -4.39. The van der Waals surface area contributed by atoms with Crippen molar-refractivity contribution in [1.82, 2.24) is 19.5 Å². The molecule has 33 heavy (non-hydrogen) atoms. The van der Waals surface area contributed by atoms with Gasteiger partial charge in [0.05, 0.1) is 30.0 Å². The minimum Gasteiger partial charge on any atom is -0.366 e. The van der Waals surface area contributed by atoms with Crippen LogP contribution in [0.25, 0.3) is 16.9 Å². The molecule has 1 aliphatic heterocycles. The number of thiophene rings is 1. The second-order valence-electron chi connectivity index (χ2n) is 7.82. The fourth-order valence-electron chi connectivity index (χ4n) is 4.05. The first-order valence-corrected chi connectivity index (χ1v) is 11.1. The third kappa shape index (κ3) is 4.00. The average Bonchev–Trinajstić information content (AvgIpc) is 3.42. The van der Waals surface area contributed by atoms with Crippen LogP contribution >= 0.6 is 11.3 Å². The van der Waals surface area contributed by atoms with E-state index in [9.17, 15) is 13.2 Å². The highest BCUT2D eigenvalue weighted by Crippen LogP contribution is 2.36. The van der Waals surface area contributed by atoms with E-state index in [1.165, 1.54) is 16.5 Å². The fourth-order valence-corrected chi connectivity index (χ4v) is 5.18. The molecular formula is C24H20F3N5S. The standard InChI is InChI=1S/C24H20F3N5S/c1-15(30-18-5-3-4-17(10-18)24(25,26)27)21-14-33-23-13-31(8-6-19(21)23)16(2)20-11-29-32-9-7-28-12-22(20)32/h3-5,7,9-12,14,30H,1-2,6,8,13H2. The van der Waals surface area contributed by atoms with Crippen LogP contribution in [0.1, 0.15) is 27.1 Å². The van der Waals surface area contributed by atoms with E-state index in [-0.39, 0.29) is 0 Å². The van der Waals surface area contributed by atoms with E-state index < -0.39 is 11.7 Å². The predicted molar refractivity (Wildman–Crippen MR) is 125 cm³/mol. The van der Waals surface area contributed by atoms with Gasteiger partial charge in [-0.1, -0.05) is 19.2 Å². The van der Waals surface area contributed by atoms with Crippen molar-refractivity contribution >= 4 is 33.9 Å². The lowest BCUT2D eigenvalue weighted by atomic mass is 10.0. The second-order valence-corrected chi connectivity index (χ2v) is 8.78. The van der Waals surface area contributed by atoms with Gasteiger partial charge in [0.15, 0.2) is 0 Å². The summed E-state index contributed by atoms with van der Waals surface area (Å²) in [6.07, 6.45) is 3.46. The molecule has 0 aliphatic carbocycles. The molecule has 1 N–H and O–H groups in total. The Kier molecular flexibility index (Phi) is 5.20.